The van der Waals surface area contributed by atoms with E-state index in [9.17, 15) is 14.4 Å². The number of aromatic amines is 1. The van der Waals surface area contributed by atoms with Gasteiger partial charge in [-0.2, -0.15) is 0 Å². The third-order valence-corrected chi connectivity index (χ3v) is 5.76. The van der Waals surface area contributed by atoms with Crippen LogP contribution in [0.25, 0.3) is 0 Å². The Morgan fingerprint density at radius 3 is 2.73 bits per heavy atom. The number of aromatic nitrogens is 3. The molecule has 9 heteroatoms. The Kier molecular flexibility index (Phi) is 6.48. The van der Waals surface area contributed by atoms with E-state index in [0.29, 0.717) is 31.5 Å². The molecule has 0 fully saturated rings. The van der Waals surface area contributed by atoms with Crippen LogP contribution in [0.1, 0.15) is 46.0 Å². The van der Waals surface area contributed by atoms with Crippen LogP contribution in [-0.4, -0.2) is 46.0 Å². The minimum Gasteiger partial charge on any atom is -0.370 e. The lowest BCUT2D eigenvalue weighted by molar-refractivity contribution is -0.120. The van der Waals surface area contributed by atoms with Crippen molar-refractivity contribution in [3.05, 3.63) is 76.9 Å². The largest absolute Gasteiger partial charge is 0.370 e. The highest BCUT2D eigenvalue weighted by molar-refractivity contribution is 6.02. The summed E-state index contributed by atoms with van der Waals surface area (Å²) in [4.78, 5) is 42.8. The second kappa shape index (κ2) is 9.64. The standard InChI is InChI=1S/C24H26N6O3/c1-30-19-13-16(8-12-20(25)31)7-9-17(19)10-11-18(24(30)33)26-23(32)22-27-21(28-29-22)14-15-5-3-2-4-6-15/h2-7,9,13,18H,8,10-12,14H2,1H3,(H2,25,31)(H,26,32)(H,27,28,29). The molecule has 1 atom stereocenters. The molecule has 0 aliphatic carbocycles. The molecule has 1 aliphatic heterocycles. The van der Waals surface area contributed by atoms with Crippen LogP contribution in [-0.2, 0) is 28.9 Å². The molecule has 9 nitrogen and oxygen atoms in total. The van der Waals surface area contributed by atoms with Crippen molar-refractivity contribution in [1.82, 2.24) is 20.5 Å². The normalized spacial score (nSPS) is 15.6. The molecule has 0 spiro atoms. The van der Waals surface area contributed by atoms with E-state index in [1.807, 2.05) is 48.5 Å². The maximum atomic E-state index is 13.1. The fraction of sp³-hybridized carbons (Fsp3) is 0.292. The fourth-order valence-electron chi connectivity index (χ4n) is 3.95. The van der Waals surface area contributed by atoms with Crippen molar-refractivity contribution in [1.29, 1.82) is 0 Å². The highest BCUT2D eigenvalue weighted by atomic mass is 16.2. The summed E-state index contributed by atoms with van der Waals surface area (Å²) < 4.78 is 0. The zero-order valence-corrected chi connectivity index (χ0v) is 18.4. The van der Waals surface area contributed by atoms with E-state index in [0.717, 1.165) is 22.4 Å². The summed E-state index contributed by atoms with van der Waals surface area (Å²) in [6.45, 7) is 0. The number of carbonyl (C=O) groups excluding carboxylic acids is 3. The molecule has 3 aromatic rings. The van der Waals surface area contributed by atoms with Gasteiger partial charge in [0.05, 0.1) is 0 Å². The number of carbonyl (C=O) groups is 3. The van der Waals surface area contributed by atoms with E-state index >= 15 is 0 Å². The van der Waals surface area contributed by atoms with Gasteiger partial charge in [-0.15, -0.1) is 5.10 Å². The van der Waals surface area contributed by atoms with E-state index in [2.05, 4.69) is 20.5 Å². The van der Waals surface area contributed by atoms with Gasteiger partial charge in [0.25, 0.3) is 5.91 Å². The number of likely N-dealkylation sites (N-methyl/N-ethyl adjacent to an activating group) is 1. The number of amides is 3. The van der Waals surface area contributed by atoms with Gasteiger partial charge in [0.15, 0.2) is 0 Å². The van der Waals surface area contributed by atoms with Gasteiger partial charge in [0, 0.05) is 25.6 Å². The van der Waals surface area contributed by atoms with Crippen LogP contribution in [0, 0.1) is 0 Å². The highest BCUT2D eigenvalue weighted by Gasteiger charge is 2.30. The molecular formula is C24H26N6O3. The van der Waals surface area contributed by atoms with Gasteiger partial charge in [-0.05, 0) is 42.0 Å². The number of H-pyrrole nitrogens is 1. The Labute approximate surface area is 191 Å². The van der Waals surface area contributed by atoms with E-state index < -0.39 is 11.9 Å². The summed E-state index contributed by atoms with van der Waals surface area (Å²) >= 11 is 0. The molecule has 0 saturated heterocycles. The van der Waals surface area contributed by atoms with Crippen LogP contribution in [0.5, 0.6) is 0 Å². The lowest BCUT2D eigenvalue weighted by Gasteiger charge is -2.22. The van der Waals surface area contributed by atoms with E-state index in [1.54, 1.807) is 11.9 Å². The number of hydrogen-bond donors (Lipinski definition) is 3. The molecule has 2 heterocycles. The average Bonchev–Trinajstić information content (AvgIpc) is 3.24. The SMILES string of the molecule is CN1C(=O)C(NC(=O)c2n[nH]c(Cc3ccccc3)n2)CCc2ccc(CCC(N)=O)cc21. The Balaban J connectivity index is 1.43. The number of rotatable bonds is 7. The van der Waals surface area contributed by atoms with E-state index in [-0.39, 0.29) is 24.1 Å². The van der Waals surface area contributed by atoms with Gasteiger partial charge >= 0.3 is 0 Å². The van der Waals surface area contributed by atoms with Crippen LogP contribution in [0.2, 0.25) is 0 Å². The zero-order valence-electron chi connectivity index (χ0n) is 18.4. The number of hydrogen-bond acceptors (Lipinski definition) is 5. The smallest absolute Gasteiger partial charge is 0.291 e. The summed E-state index contributed by atoms with van der Waals surface area (Å²) in [6.07, 6.45) is 2.38. The summed E-state index contributed by atoms with van der Waals surface area (Å²) in [6, 6.07) is 14.9. The molecule has 4 N–H and O–H groups in total. The number of nitrogens with zero attached hydrogens (tertiary/aromatic N) is 3. The number of aryl methyl sites for hydroxylation is 2. The van der Waals surface area contributed by atoms with Gasteiger partial charge in [-0.3, -0.25) is 19.5 Å². The maximum Gasteiger partial charge on any atom is 0.291 e. The summed E-state index contributed by atoms with van der Waals surface area (Å²) in [5.41, 5.74) is 9.02. The van der Waals surface area contributed by atoms with Gasteiger partial charge in [0.2, 0.25) is 17.6 Å². The lowest BCUT2D eigenvalue weighted by atomic mass is 10.0. The van der Waals surface area contributed by atoms with Crippen molar-refractivity contribution in [2.45, 2.75) is 38.1 Å². The molecule has 4 rings (SSSR count). The van der Waals surface area contributed by atoms with Crippen LogP contribution in [0.4, 0.5) is 5.69 Å². The number of anilines is 1. The van der Waals surface area contributed by atoms with Crippen LogP contribution >= 0.6 is 0 Å². The molecule has 1 unspecified atom stereocenters. The third-order valence-electron chi connectivity index (χ3n) is 5.76. The number of benzene rings is 2. The third kappa shape index (κ3) is 5.25. The van der Waals surface area contributed by atoms with E-state index in [1.165, 1.54) is 0 Å². The topological polar surface area (TPSA) is 134 Å². The maximum absolute atomic E-state index is 13.1. The Bertz CT molecular complexity index is 1170. The summed E-state index contributed by atoms with van der Waals surface area (Å²) in [7, 11) is 1.69. The van der Waals surface area contributed by atoms with Crippen molar-refractivity contribution < 1.29 is 14.4 Å². The first-order chi connectivity index (χ1) is 15.9. The second-order valence-corrected chi connectivity index (χ2v) is 8.16. The van der Waals surface area contributed by atoms with Crippen molar-refractivity contribution >= 4 is 23.4 Å². The second-order valence-electron chi connectivity index (χ2n) is 8.16. The zero-order chi connectivity index (χ0) is 23.4. The molecule has 0 bridgehead atoms. The predicted molar refractivity (Wildman–Crippen MR) is 123 cm³/mol. The first-order valence-electron chi connectivity index (χ1n) is 10.8. The highest BCUT2D eigenvalue weighted by Crippen LogP contribution is 2.28. The molecule has 2 aromatic carbocycles. The predicted octanol–water partition coefficient (Wildman–Crippen LogP) is 1.52. The molecule has 170 valence electrons. The van der Waals surface area contributed by atoms with Crippen LogP contribution < -0.4 is 16.0 Å². The molecule has 1 aromatic heterocycles. The Morgan fingerprint density at radius 2 is 1.97 bits per heavy atom. The van der Waals surface area contributed by atoms with Gasteiger partial charge < -0.3 is 16.0 Å². The van der Waals surface area contributed by atoms with Crippen molar-refractivity contribution in [3.63, 3.8) is 0 Å². The van der Waals surface area contributed by atoms with Crippen molar-refractivity contribution in [3.8, 4) is 0 Å². The monoisotopic (exact) mass is 446 g/mol. The summed E-state index contributed by atoms with van der Waals surface area (Å²) in [5.74, 6) is -0.492. The molecule has 33 heavy (non-hydrogen) atoms. The minimum atomic E-state index is -0.694. The fourth-order valence-corrected chi connectivity index (χ4v) is 3.95. The number of nitrogens with two attached hydrogens (primary N) is 1. The first-order valence-corrected chi connectivity index (χ1v) is 10.8. The van der Waals surface area contributed by atoms with Gasteiger partial charge in [-0.1, -0.05) is 42.5 Å². The quantitative estimate of drug-likeness (QED) is 0.506. The van der Waals surface area contributed by atoms with Crippen molar-refractivity contribution in [2.24, 2.45) is 5.73 Å². The van der Waals surface area contributed by atoms with Gasteiger partial charge in [-0.25, -0.2) is 4.98 Å². The minimum absolute atomic E-state index is 0.00637. The molecule has 0 saturated carbocycles. The van der Waals surface area contributed by atoms with Crippen LogP contribution in [0.3, 0.4) is 0 Å². The number of primary amides is 1. The van der Waals surface area contributed by atoms with Gasteiger partial charge in [0.1, 0.15) is 11.9 Å². The molecule has 0 radical (unpaired) electrons. The molecule has 1 aliphatic rings. The average molecular weight is 447 g/mol. The lowest BCUT2D eigenvalue weighted by Crippen LogP contribution is -2.47. The Hall–Kier alpha value is -4.01. The van der Waals surface area contributed by atoms with Crippen molar-refractivity contribution in [2.75, 3.05) is 11.9 Å². The number of fused-ring (bicyclic) bond motifs is 1. The molecular weight excluding hydrogens is 420 g/mol. The van der Waals surface area contributed by atoms with E-state index in [4.69, 9.17) is 5.73 Å². The summed E-state index contributed by atoms with van der Waals surface area (Å²) in [5, 5.41) is 9.60. The Morgan fingerprint density at radius 1 is 1.18 bits per heavy atom. The first kappa shape index (κ1) is 22.2. The van der Waals surface area contributed by atoms with Crippen LogP contribution in [0.15, 0.2) is 48.5 Å². The molecule has 3 amide bonds. The number of nitrogens with one attached hydrogen (secondary N) is 2.